The number of rotatable bonds is 7. The molecule has 1 saturated carbocycles. The molecule has 19 heavy (non-hydrogen) atoms. The number of nitrogen functional groups attached to an aromatic ring is 1. The van der Waals surface area contributed by atoms with Gasteiger partial charge in [-0.25, -0.2) is 0 Å². The van der Waals surface area contributed by atoms with E-state index >= 15 is 0 Å². The molecular weight excluding hydrogens is 238 g/mol. The van der Waals surface area contributed by atoms with Crippen LogP contribution in [0.15, 0.2) is 12.1 Å². The monoisotopic (exact) mass is 263 g/mol. The molecule has 0 aliphatic heterocycles. The summed E-state index contributed by atoms with van der Waals surface area (Å²) in [7, 11) is 0. The van der Waals surface area contributed by atoms with Gasteiger partial charge in [0.25, 0.3) is 0 Å². The average molecular weight is 263 g/mol. The SMILES string of the molecule is CCC1(CNc2ccc(N)c(OCC(C)C)n2)CC1. The van der Waals surface area contributed by atoms with Crippen LogP contribution in [0.5, 0.6) is 5.88 Å². The van der Waals surface area contributed by atoms with Gasteiger partial charge in [0.15, 0.2) is 0 Å². The zero-order chi connectivity index (χ0) is 13.9. The zero-order valence-corrected chi connectivity index (χ0v) is 12.2. The number of ether oxygens (including phenoxy) is 1. The number of nitrogens with two attached hydrogens (primary N) is 1. The van der Waals surface area contributed by atoms with E-state index in [2.05, 4.69) is 31.1 Å². The molecule has 1 aromatic rings. The van der Waals surface area contributed by atoms with Crippen LogP contribution in [0.1, 0.15) is 40.0 Å². The van der Waals surface area contributed by atoms with Crippen molar-refractivity contribution in [1.82, 2.24) is 4.98 Å². The summed E-state index contributed by atoms with van der Waals surface area (Å²) < 4.78 is 5.64. The number of hydrogen-bond acceptors (Lipinski definition) is 4. The van der Waals surface area contributed by atoms with Crippen LogP contribution in [-0.2, 0) is 0 Å². The van der Waals surface area contributed by atoms with Crippen LogP contribution in [0.2, 0.25) is 0 Å². The molecule has 106 valence electrons. The number of aromatic nitrogens is 1. The van der Waals surface area contributed by atoms with E-state index < -0.39 is 0 Å². The molecule has 3 N–H and O–H groups in total. The fourth-order valence-corrected chi connectivity index (χ4v) is 2.02. The number of hydrogen-bond donors (Lipinski definition) is 2. The zero-order valence-electron chi connectivity index (χ0n) is 12.2. The maximum Gasteiger partial charge on any atom is 0.239 e. The number of nitrogens with one attached hydrogen (secondary N) is 1. The number of pyridine rings is 1. The maximum atomic E-state index is 5.88. The minimum Gasteiger partial charge on any atom is -0.476 e. The molecule has 1 heterocycles. The Balaban J connectivity index is 1.95. The first-order valence-electron chi connectivity index (χ1n) is 7.18. The minimum absolute atomic E-state index is 0.465. The van der Waals surface area contributed by atoms with E-state index in [0.29, 0.717) is 29.5 Å². The van der Waals surface area contributed by atoms with Gasteiger partial charge in [-0.1, -0.05) is 20.8 Å². The molecule has 0 radical (unpaired) electrons. The van der Waals surface area contributed by atoms with E-state index in [4.69, 9.17) is 10.5 Å². The molecule has 0 bridgehead atoms. The summed E-state index contributed by atoms with van der Waals surface area (Å²) >= 11 is 0. The molecule has 0 spiro atoms. The normalized spacial score (nSPS) is 16.4. The summed E-state index contributed by atoms with van der Waals surface area (Å²) in [6.07, 6.45) is 3.87. The third kappa shape index (κ3) is 3.75. The second kappa shape index (κ2) is 5.68. The van der Waals surface area contributed by atoms with Gasteiger partial charge in [0, 0.05) is 6.54 Å². The largest absolute Gasteiger partial charge is 0.476 e. The molecule has 0 atom stereocenters. The molecule has 1 aliphatic carbocycles. The second-order valence-corrected chi connectivity index (χ2v) is 6.00. The highest BCUT2D eigenvalue weighted by Crippen LogP contribution is 2.48. The molecule has 2 rings (SSSR count). The molecule has 1 aromatic heterocycles. The highest BCUT2D eigenvalue weighted by molar-refractivity contribution is 5.53. The van der Waals surface area contributed by atoms with Crippen molar-refractivity contribution < 1.29 is 4.74 Å². The van der Waals surface area contributed by atoms with Crippen LogP contribution in [0.4, 0.5) is 11.5 Å². The first kappa shape index (κ1) is 14.0. The molecule has 0 unspecified atom stereocenters. The third-order valence-corrected chi connectivity index (χ3v) is 3.79. The maximum absolute atomic E-state index is 5.88. The number of anilines is 2. The Morgan fingerprint density at radius 3 is 2.74 bits per heavy atom. The summed E-state index contributed by atoms with van der Waals surface area (Å²) in [4.78, 5) is 4.45. The molecule has 0 saturated heterocycles. The highest BCUT2D eigenvalue weighted by Gasteiger charge is 2.40. The van der Waals surface area contributed by atoms with E-state index in [0.717, 1.165) is 12.4 Å². The van der Waals surface area contributed by atoms with Crippen molar-refractivity contribution in [3.8, 4) is 5.88 Å². The van der Waals surface area contributed by atoms with E-state index in [-0.39, 0.29) is 0 Å². The second-order valence-electron chi connectivity index (χ2n) is 6.00. The van der Waals surface area contributed by atoms with Crippen molar-refractivity contribution in [2.24, 2.45) is 11.3 Å². The van der Waals surface area contributed by atoms with Crippen LogP contribution in [-0.4, -0.2) is 18.1 Å². The lowest BCUT2D eigenvalue weighted by atomic mass is 10.0. The van der Waals surface area contributed by atoms with Crippen LogP contribution in [0.25, 0.3) is 0 Å². The van der Waals surface area contributed by atoms with Crippen LogP contribution < -0.4 is 15.8 Å². The molecular formula is C15H25N3O. The van der Waals surface area contributed by atoms with Crippen LogP contribution in [0.3, 0.4) is 0 Å². The molecule has 1 fully saturated rings. The van der Waals surface area contributed by atoms with Gasteiger partial charge in [0.1, 0.15) is 5.82 Å². The smallest absolute Gasteiger partial charge is 0.239 e. The summed E-state index contributed by atoms with van der Waals surface area (Å²) in [5, 5.41) is 3.41. The Bertz CT molecular complexity index is 427. The van der Waals surface area contributed by atoms with Crippen LogP contribution >= 0.6 is 0 Å². The van der Waals surface area contributed by atoms with E-state index in [9.17, 15) is 0 Å². The van der Waals surface area contributed by atoms with Gasteiger partial charge >= 0.3 is 0 Å². The molecule has 1 aliphatic rings. The van der Waals surface area contributed by atoms with Crippen molar-refractivity contribution >= 4 is 11.5 Å². The lowest BCUT2D eigenvalue weighted by molar-refractivity contribution is 0.263. The molecule has 4 nitrogen and oxygen atoms in total. The fraction of sp³-hybridized carbons (Fsp3) is 0.667. The molecule has 0 aromatic carbocycles. The Morgan fingerprint density at radius 1 is 1.42 bits per heavy atom. The Hall–Kier alpha value is -1.45. The predicted octanol–water partition coefficient (Wildman–Crippen LogP) is 3.30. The van der Waals surface area contributed by atoms with E-state index in [1.54, 1.807) is 0 Å². The van der Waals surface area contributed by atoms with Crippen molar-refractivity contribution in [3.63, 3.8) is 0 Å². The lowest BCUT2D eigenvalue weighted by Crippen LogP contribution is -2.15. The summed E-state index contributed by atoms with van der Waals surface area (Å²) in [5.74, 6) is 1.86. The number of nitrogens with zero attached hydrogens (tertiary/aromatic N) is 1. The van der Waals surface area contributed by atoms with Crippen molar-refractivity contribution in [2.45, 2.75) is 40.0 Å². The molecule has 0 amide bonds. The predicted molar refractivity (Wildman–Crippen MR) is 79.4 cm³/mol. The Kier molecular flexibility index (Phi) is 4.17. The third-order valence-electron chi connectivity index (χ3n) is 3.79. The minimum atomic E-state index is 0.465. The van der Waals surface area contributed by atoms with Gasteiger partial charge in [-0.3, -0.25) is 0 Å². The Labute approximate surface area is 115 Å². The highest BCUT2D eigenvalue weighted by atomic mass is 16.5. The fourth-order valence-electron chi connectivity index (χ4n) is 2.02. The first-order valence-corrected chi connectivity index (χ1v) is 7.18. The standard InChI is InChI=1S/C15H25N3O/c1-4-15(7-8-15)10-17-13-6-5-12(16)14(18-13)19-9-11(2)3/h5-6,11H,4,7-10,16H2,1-3H3,(H,17,18). The first-order chi connectivity index (χ1) is 9.04. The van der Waals surface area contributed by atoms with Gasteiger partial charge in [-0.2, -0.15) is 4.98 Å². The topological polar surface area (TPSA) is 60.2 Å². The summed E-state index contributed by atoms with van der Waals surface area (Å²) in [6, 6.07) is 3.78. The molecule has 4 heteroatoms. The lowest BCUT2D eigenvalue weighted by Gasteiger charge is -2.15. The van der Waals surface area contributed by atoms with Crippen molar-refractivity contribution in [3.05, 3.63) is 12.1 Å². The van der Waals surface area contributed by atoms with E-state index in [1.807, 2.05) is 12.1 Å². The summed E-state index contributed by atoms with van der Waals surface area (Å²) in [6.45, 7) is 8.10. The van der Waals surface area contributed by atoms with Gasteiger partial charge in [-0.15, -0.1) is 0 Å². The van der Waals surface area contributed by atoms with Gasteiger partial charge < -0.3 is 15.8 Å². The average Bonchev–Trinajstić information content (AvgIpc) is 3.17. The Morgan fingerprint density at radius 2 is 2.16 bits per heavy atom. The van der Waals surface area contributed by atoms with Gasteiger partial charge in [0.2, 0.25) is 5.88 Å². The van der Waals surface area contributed by atoms with Crippen molar-refractivity contribution in [2.75, 3.05) is 24.2 Å². The van der Waals surface area contributed by atoms with E-state index in [1.165, 1.54) is 19.3 Å². The quantitative estimate of drug-likeness (QED) is 0.792. The van der Waals surface area contributed by atoms with Crippen molar-refractivity contribution in [1.29, 1.82) is 0 Å². The van der Waals surface area contributed by atoms with Gasteiger partial charge in [-0.05, 0) is 42.7 Å². The summed E-state index contributed by atoms with van der Waals surface area (Å²) in [5.41, 5.74) is 6.98. The van der Waals surface area contributed by atoms with Crippen LogP contribution in [0, 0.1) is 11.3 Å². The van der Waals surface area contributed by atoms with Gasteiger partial charge in [0.05, 0.1) is 12.3 Å².